The van der Waals surface area contributed by atoms with Crippen LogP contribution in [0.4, 0.5) is 10.1 Å². The van der Waals surface area contributed by atoms with E-state index >= 15 is 0 Å². The second-order valence-electron chi connectivity index (χ2n) is 7.65. The van der Waals surface area contributed by atoms with Crippen molar-refractivity contribution in [2.75, 3.05) is 5.32 Å². The van der Waals surface area contributed by atoms with E-state index < -0.39 is 0 Å². The summed E-state index contributed by atoms with van der Waals surface area (Å²) in [6.07, 6.45) is 0. The van der Waals surface area contributed by atoms with E-state index in [1.54, 1.807) is 30.3 Å². The number of hydrogen-bond acceptors (Lipinski definition) is 3. The predicted molar refractivity (Wildman–Crippen MR) is 128 cm³/mol. The molecule has 162 valence electrons. The van der Waals surface area contributed by atoms with E-state index in [2.05, 4.69) is 10.6 Å². The number of nitrogens with one attached hydrogen (secondary N) is 2. The van der Waals surface area contributed by atoms with Crippen molar-refractivity contribution in [2.45, 2.75) is 16.3 Å². The van der Waals surface area contributed by atoms with Crippen LogP contribution in [0.3, 0.4) is 0 Å². The van der Waals surface area contributed by atoms with Gasteiger partial charge in [0.1, 0.15) is 5.82 Å². The number of fused-ring (bicyclic) bond motifs is 2. The number of hydrogen-bond donors (Lipinski definition) is 2. The van der Waals surface area contributed by atoms with Crippen molar-refractivity contribution in [1.82, 2.24) is 5.32 Å². The van der Waals surface area contributed by atoms with Crippen LogP contribution in [0, 0.1) is 5.82 Å². The zero-order valence-electron chi connectivity index (χ0n) is 17.5. The number of halogens is 1. The van der Waals surface area contributed by atoms with Gasteiger partial charge in [-0.3, -0.25) is 9.59 Å². The molecule has 0 unspecified atom stereocenters. The van der Waals surface area contributed by atoms with Crippen molar-refractivity contribution in [1.29, 1.82) is 0 Å². The molecule has 1 aliphatic heterocycles. The first kappa shape index (κ1) is 21.0. The maximum Gasteiger partial charge on any atom is 0.256 e. The van der Waals surface area contributed by atoms with Crippen molar-refractivity contribution >= 4 is 29.3 Å². The van der Waals surface area contributed by atoms with Crippen LogP contribution in [0.15, 0.2) is 101 Å². The molecule has 5 rings (SSSR count). The van der Waals surface area contributed by atoms with E-state index in [9.17, 15) is 14.0 Å². The molecule has 0 fully saturated rings. The molecule has 0 radical (unpaired) electrons. The lowest BCUT2D eigenvalue weighted by molar-refractivity contribution is 0.0949. The van der Waals surface area contributed by atoms with Gasteiger partial charge in [0.25, 0.3) is 11.8 Å². The second kappa shape index (κ2) is 8.92. The maximum atomic E-state index is 13.1. The summed E-state index contributed by atoms with van der Waals surface area (Å²) in [4.78, 5) is 27.1. The van der Waals surface area contributed by atoms with E-state index in [0.717, 1.165) is 26.5 Å². The molecular formula is C27H19FN2O2S. The van der Waals surface area contributed by atoms with Gasteiger partial charge in [-0.2, -0.15) is 0 Å². The molecule has 1 aliphatic rings. The normalized spacial score (nSPS) is 12.2. The molecule has 0 atom stereocenters. The number of benzene rings is 4. The Morgan fingerprint density at radius 1 is 0.848 bits per heavy atom. The van der Waals surface area contributed by atoms with Crippen molar-refractivity contribution < 1.29 is 14.0 Å². The highest BCUT2D eigenvalue weighted by Crippen LogP contribution is 2.39. The van der Waals surface area contributed by atoms with Crippen LogP contribution in [-0.2, 0) is 6.54 Å². The van der Waals surface area contributed by atoms with Crippen molar-refractivity contribution in [2.24, 2.45) is 0 Å². The standard InChI is InChI=1S/C27H19FN2O2S/c28-21-12-9-19(10-13-21)18-7-5-17(6-8-18)16-29-26(31)20-11-14-25-23(15-20)30-27(32)22-3-1-2-4-24(22)33-25/h1-15H,16H2,(H,29,31)(H,30,32). The molecule has 0 spiro atoms. The summed E-state index contributed by atoms with van der Waals surface area (Å²) in [6.45, 7) is 0.367. The highest BCUT2D eigenvalue weighted by molar-refractivity contribution is 7.99. The average molecular weight is 455 g/mol. The molecule has 0 bridgehead atoms. The third-order valence-electron chi connectivity index (χ3n) is 5.43. The fourth-order valence-corrected chi connectivity index (χ4v) is 4.66. The highest BCUT2D eigenvalue weighted by Gasteiger charge is 2.20. The van der Waals surface area contributed by atoms with E-state index in [0.29, 0.717) is 23.4 Å². The second-order valence-corrected chi connectivity index (χ2v) is 8.73. The first-order chi connectivity index (χ1) is 16.1. The molecule has 6 heteroatoms. The van der Waals surface area contributed by atoms with E-state index in [-0.39, 0.29) is 17.6 Å². The zero-order chi connectivity index (χ0) is 22.8. The number of carbonyl (C=O) groups is 2. The SMILES string of the molecule is O=C(NCc1ccc(-c2ccc(F)cc2)cc1)c1ccc2c(c1)NC(=O)c1ccccc1S2. The molecule has 0 saturated carbocycles. The third-order valence-corrected chi connectivity index (χ3v) is 6.58. The smallest absolute Gasteiger partial charge is 0.256 e. The Kier molecular flexibility index (Phi) is 5.67. The molecule has 0 saturated heterocycles. The molecule has 0 aromatic heterocycles. The summed E-state index contributed by atoms with van der Waals surface area (Å²) in [7, 11) is 0. The van der Waals surface area contributed by atoms with Crippen molar-refractivity contribution in [3.8, 4) is 11.1 Å². The van der Waals surface area contributed by atoms with Gasteiger partial charge in [0.2, 0.25) is 0 Å². The van der Waals surface area contributed by atoms with Gasteiger partial charge in [-0.1, -0.05) is 60.3 Å². The summed E-state index contributed by atoms with van der Waals surface area (Å²) >= 11 is 1.50. The van der Waals surface area contributed by atoms with Gasteiger partial charge < -0.3 is 10.6 Å². The van der Waals surface area contributed by atoms with Gasteiger partial charge in [0.15, 0.2) is 0 Å². The summed E-state index contributed by atoms with van der Waals surface area (Å²) in [6, 6.07) is 26.9. The Bertz CT molecular complexity index is 1350. The Morgan fingerprint density at radius 2 is 1.55 bits per heavy atom. The lowest BCUT2D eigenvalue weighted by atomic mass is 10.0. The third kappa shape index (κ3) is 4.52. The minimum absolute atomic E-state index is 0.185. The first-order valence-corrected chi connectivity index (χ1v) is 11.2. The van der Waals surface area contributed by atoms with Crippen LogP contribution in [0.1, 0.15) is 26.3 Å². The van der Waals surface area contributed by atoms with Gasteiger partial charge in [0, 0.05) is 21.9 Å². The molecule has 0 aliphatic carbocycles. The molecule has 2 amide bonds. The highest BCUT2D eigenvalue weighted by atomic mass is 32.2. The number of rotatable bonds is 4. The van der Waals surface area contributed by atoms with Crippen LogP contribution in [0.5, 0.6) is 0 Å². The Labute approximate surface area is 194 Å². The van der Waals surface area contributed by atoms with Gasteiger partial charge >= 0.3 is 0 Å². The van der Waals surface area contributed by atoms with Gasteiger partial charge in [-0.15, -0.1) is 0 Å². The Morgan fingerprint density at radius 3 is 2.30 bits per heavy atom. The Hall–Kier alpha value is -3.90. The van der Waals surface area contributed by atoms with Crippen LogP contribution >= 0.6 is 11.8 Å². The molecule has 1 heterocycles. The fraction of sp³-hybridized carbons (Fsp3) is 0.0370. The number of anilines is 1. The van der Waals surface area contributed by atoms with E-state index in [1.165, 1.54) is 23.9 Å². The summed E-state index contributed by atoms with van der Waals surface area (Å²) < 4.78 is 13.1. The lowest BCUT2D eigenvalue weighted by Gasteiger charge is -2.10. The Balaban J connectivity index is 1.27. The quantitative estimate of drug-likeness (QED) is 0.389. The summed E-state index contributed by atoms with van der Waals surface area (Å²) in [5.41, 5.74) is 4.57. The number of carbonyl (C=O) groups excluding carboxylic acids is 2. The lowest BCUT2D eigenvalue weighted by Crippen LogP contribution is -2.23. The maximum absolute atomic E-state index is 13.1. The van der Waals surface area contributed by atoms with Crippen molar-refractivity contribution in [3.05, 3.63) is 114 Å². The molecular weight excluding hydrogens is 435 g/mol. The fourth-order valence-electron chi connectivity index (χ4n) is 3.65. The molecule has 33 heavy (non-hydrogen) atoms. The predicted octanol–water partition coefficient (Wildman–Crippen LogP) is 6.14. The van der Waals surface area contributed by atoms with Gasteiger partial charge in [0.05, 0.1) is 11.3 Å². The van der Waals surface area contributed by atoms with Gasteiger partial charge in [-0.05, 0) is 59.2 Å². The van der Waals surface area contributed by atoms with E-state index in [4.69, 9.17) is 0 Å². The van der Waals surface area contributed by atoms with Crippen LogP contribution in [0.25, 0.3) is 11.1 Å². The number of amides is 2. The first-order valence-electron chi connectivity index (χ1n) is 10.4. The summed E-state index contributed by atoms with van der Waals surface area (Å²) in [5, 5.41) is 5.83. The largest absolute Gasteiger partial charge is 0.348 e. The minimum atomic E-state index is -0.265. The molecule has 4 aromatic rings. The molecule has 4 aromatic carbocycles. The van der Waals surface area contributed by atoms with Crippen molar-refractivity contribution in [3.63, 3.8) is 0 Å². The van der Waals surface area contributed by atoms with Crippen LogP contribution in [-0.4, -0.2) is 11.8 Å². The summed E-state index contributed by atoms with van der Waals surface area (Å²) in [5.74, 6) is -0.671. The van der Waals surface area contributed by atoms with Crippen LogP contribution in [0.2, 0.25) is 0 Å². The molecule has 2 N–H and O–H groups in total. The minimum Gasteiger partial charge on any atom is -0.348 e. The van der Waals surface area contributed by atoms with E-state index in [1.807, 2.05) is 48.5 Å². The molecule has 4 nitrogen and oxygen atoms in total. The average Bonchev–Trinajstić information content (AvgIpc) is 2.98. The zero-order valence-corrected chi connectivity index (χ0v) is 18.3. The monoisotopic (exact) mass is 454 g/mol. The van der Waals surface area contributed by atoms with Gasteiger partial charge in [-0.25, -0.2) is 4.39 Å². The van der Waals surface area contributed by atoms with Crippen LogP contribution < -0.4 is 10.6 Å². The topological polar surface area (TPSA) is 58.2 Å².